The first kappa shape index (κ1) is 14.9. The molecule has 4 heteroatoms. The molecule has 0 amide bonds. The van der Waals surface area contributed by atoms with E-state index >= 15 is 0 Å². The quantitative estimate of drug-likeness (QED) is 0.763. The van der Waals surface area contributed by atoms with Gasteiger partial charge in [-0.15, -0.1) is 0 Å². The molecule has 0 unspecified atom stereocenters. The second-order valence-electron chi connectivity index (χ2n) is 4.55. The Morgan fingerprint density at radius 1 is 1.05 bits per heavy atom. The van der Waals surface area contributed by atoms with Crippen molar-refractivity contribution in [1.29, 1.82) is 0 Å². The van der Waals surface area contributed by atoms with Crippen molar-refractivity contribution in [2.45, 2.75) is 13.5 Å². The van der Waals surface area contributed by atoms with Gasteiger partial charge in [0.2, 0.25) is 0 Å². The van der Waals surface area contributed by atoms with Crippen molar-refractivity contribution in [2.75, 3.05) is 14.2 Å². The molecule has 2 aromatic rings. The molecule has 0 aliphatic rings. The Kier molecular flexibility index (Phi) is 4.82. The van der Waals surface area contributed by atoms with E-state index in [1.165, 1.54) is 7.11 Å². The van der Waals surface area contributed by atoms with Crippen LogP contribution < -0.4 is 14.2 Å². The lowest BCUT2D eigenvalue weighted by Crippen LogP contribution is -2.03. The summed E-state index contributed by atoms with van der Waals surface area (Å²) in [6.07, 6.45) is 0.759. The molecule has 0 aliphatic heterocycles. The molecule has 0 bridgehead atoms. The maximum atomic E-state index is 11.3. The first-order valence-corrected chi connectivity index (χ1v) is 6.58. The van der Waals surface area contributed by atoms with Gasteiger partial charge in [-0.1, -0.05) is 30.3 Å². The molecule has 0 saturated carbocycles. The fourth-order valence-corrected chi connectivity index (χ4v) is 2.19. The Balaban J connectivity index is 2.35. The minimum Gasteiger partial charge on any atom is -0.493 e. The van der Waals surface area contributed by atoms with E-state index in [1.54, 1.807) is 13.2 Å². The van der Waals surface area contributed by atoms with E-state index in [0.29, 0.717) is 29.4 Å². The molecule has 0 aliphatic carbocycles. The van der Waals surface area contributed by atoms with Gasteiger partial charge in [-0.25, -0.2) is 0 Å². The smallest absolute Gasteiger partial charge is 0.167 e. The van der Waals surface area contributed by atoms with Crippen LogP contribution in [0.2, 0.25) is 0 Å². The van der Waals surface area contributed by atoms with Crippen LogP contribution in [0.5, 0.6) is 17.2 Å². The summed E-state index contributed by atoms with van der Waals surface area (Å²) >= 11 is 0. The molecule has 0 N–H and O–H groups in total. The van der Waals surface area contributed by atoms with Crippen LogP contribution >= 0.6 is 0 Å². The van der Waals surface area contributed by atoms with Gasteiger partial charge in [-0.3, -0.25) is 4.79 Å². The van der Waals surface area contributed by atoms with Crippen molar-refractivity contribution in [1.82, 2.24) is 0 Å². The number of carbonyl (C=O) groups excluding carboxylic acids is 1. The number of hydrogen-bond donors (Lipinski definition) is 0. The van der Waals surface area contributed by atoms with Crippen LogP contribution in [0.25, 0.3) is 0 Å². The highest BCUT2D eigenvalue weighted by Gasteiger charge is 2.17. The summed E-state index contributed by atoms with van der Waals surface area (Å²) in [5.41, 5.74) is 2.22. The Labute approximate surface area is 124 Å². The summed E-state index contributed by atoms with van der Waals surface area (Å²) in [4.78, 5) is 11.3. The minimum atomic E-state index is 0.387. The van der Waals surface area contributed by atoms with Crippen molar-refractivity contribution in [3.8, 4) is 17.2 Å². The topological polar surface area (TPSA) is 44.8 Å². The Morgan fingerprint density at radius 2 is 1.76 bits per heavy atom. The van der Waals surface area contributed by atoms with E-state index in [0.717, 1.165) is 17.4 Å². The van der Waals surface area contributed by atoms with E-state index in [4.69, 9.17) is 14.2 Å². The van der Waals surface area contributed by atoms with E-state index in [1.807, 2.05) is 37.3 Å². The molecule has 0 atom stereocenters. The van der Waals surface area contributed by atoms with Crippen LogP contribution in [0.4, 0.5) is 0 Å². The number of methoxy groups -OCH3 is 2. The molecule has 0 radical (unpaired) electrons. The standard InChI is InChI=1S/C17H18O4/c1-12-16(21-11-13-7-5-4-6-8-13)14(10-18)9-15(19-2)17(12)20-3/h4-10H,11H2,1-3H3. The average molecular weight is 286 g/mol. The van der Waals surface area contributed by atoms with Crippen molar-refractivity contribution in [2.24, 2.45) is 0 Å². The zero-order chi connectivity index (χ0) is 15.2. The van der Waals surface area contributed by atoms with E-state index in [-0.39, 0.29) is 0 Å². The lowest BCUT2D eigenvalue weighted by molar-refractivity contribution is 0.111. The predicted octanol–water partition coefficient (Wildman–Crippen LogP) is 3.40. The molecule has 4 nitrogen and oxygen atoms in total. The largest absolute Gasteiger partial charge is 0.493 e. The van der Waals surface area contributed by atoms with Crippen molar-refractivity contribution in [3.63, 3.8) is 0 Å². The highest BCUT2D eigenvalue weighted by Crippen LogP contribution is 2.39. The van der Waals surface area contributed by atoms with Gasteiger partial charge in [0.15, 0.2) is 17.8 Å². The Bertz CT molecular complexity index is 620. The number of hydrogen-bond acceptors (Lipinski definition) is 4. The number of aldehydes is 1. The molecule has 2 aromatic carbocycles. The third-order valence-electron chi connectivity index (χ3n) is 3.23. The summed E-state index contributed by atoms with van der Waals surface area (Å²) in [5, 5.41) is 0. The number of benzene rings is 2. The van der Waals surface area contributed by atoms with Crippen molar-refractivity contribution < 1.29 is 19.0 Å². The van der Waals surface area contributed by atoms with Crippen LogP contribution in [0.1, 0.15) is 21.5 Å². The monoisotopic (exact) mass is 286 g/mol. The third kappa shape index (κ3) is 3.16. The molecule has 0 spiro atoms. The fourth-order valence-electron chi connectivity index (χ4n) is 2.19. The summed E-state index contributed by atoms with van der Waals surface area (Å²) in [7, 11) is 3.10. The van der Waals surface area contributed by atoms with E-state index in [9.17, 15) is 4.79 Å². The van der Waals surface area contributed by atoms with Gasteiger partial charge in [0.1, 0.15) is 12.4 Å². The zero-order valence-electron chi connectivity index (χ0n) is 12.4. The lowest BCUT2D eigenvalue weighted by Gasteiger charge is -2.17. The number of carbonyl (C=O) groups is 1. The summed E-state index contributed by atoms with van der Waals surface area (Å²) in [6, 6.07) is 11.4. The third-order valence-corrected chi connectivity index (χ3v) is 3.23. The van der Waals surface area contributed by atoms with Gasteiger partial charge >= 0.3 is 0 Å². The molecule has 0 aromatic heterocycles. The molecular weight excluding hydrogens is 268 g/mol. The molecule has 21 heavy (non-hydrogen) atoms. The first-order valence-electron chi connectivity index (χ1n) is 6.58. The minimum absolute atomic E-state index is 0.387. The summed E-state index contributed by atoms with van der Waals surface area (Å²) in [5.74, 6) is 1.61. The predicted molar refractivity (Wildman–Crippen MR) is 80.4 cm³/mol. The second kappa shape index (κ2) is 6.79. The average Bonchev–Trinajstić information content (AvgIpc) is 2.53. The van der Waals surface area contributed by atoms with Crippen molar-refractivity contribution in [3.05, 3.63) is 53.1 Å². The van der Waals surface area contributed by atoms with Gasteiger partial charge in [-0.2, -0.15) is 0 Å². The zero-order valence-corrected chi connectivity index (χ0v) is 12.4. The Hall–Kier alpha value is -2.49. The van der Waals surface area contributed by atoms with Crippen LogP contribution in [0, 0.1) is 6.92 Å². The fraction of sp³-hybridized carbons (Fsp3) is 0.235. The van der Waals surface area contributed by atoms with Crippen LogP contribution in [0.3, 0.4) is 0 Å². The van der Waals surface area contributed by atoms with E-state index in [2.05, 4.69) is 0 Å². The van der Waals surface area contributed by atoms with Crippen LogP contribution in [-0.4, -0.2) is 20.5 Å². The first-order chi connectivity index (χ1) is 10.2. The van der Waals surface area contributed by atoms with Gasteiger partial charge in [0, 0.05) is 5.56 Å². The van der Waals surface area contributed by atoms with Gasteiger partial charge in [0.25, 0.3) is 0 Å². The SMILES string of the molecule is COc1cc(C=O)c(OCc2ccccc2)c(C)c1OC. The number of ether oxygens (including phenoxy) is 3. The van der Waals surface area contributed by atoms with Crippen LogP contribution in [-0.2, 0) is 6.61 Å². The van der Waals surface area contributed by atoms with Crippen LogP contribution in [0.15, 0.2) is 36.4 Å². The highest BCUT2D eigenvalue weighted by molar-refractivity contribution is 5.83. The molecule has 110 valence electrons. The molecule has 0 saturated heterocycles. The van der Waals surface area contributed by atoms with Crippen molar-refractivity contribution >= 4 is 6.29 Å². The van der Waals surface area contributed by atoms with Gasteiger partial charge < -0.3 is 14.2 Å². The Morgan fingerprint density at radius 3 is 2.33 bits per heavy atom. The molecule has 0 fully saturated rings. The summed E-state index contributed by atoms with van der Waals surface area (Å²) in [6.45, 7) is 2.23. The van der Waals surface area contributed by atoms with Gasteiger partial charge in [0.05, 0.1) is 19.8 Å². The lowest BCUT2D eigenvalue weighted by atomic mass is 10.1. The van der Waals surface area contributed by atoms with E-state index < -0.39 is 0 Å². The maximum Gasteiger partial charge on any atom is 0.167 e. The normalized spacial score (nSPS) is 10.0. The van der Waals surface area contributed by atoms with Gasteiger partial charge in [-0.05, 0) is 18.6 Å². The summed E-state index contributed by atoms with van der Waals surface area (Å²) < 4.78 is 16.4. The highest BCUT2D eigenvalue weighted by atomic mass is 16.5. The molecule has 2 rings (SSSR count). The maximum absolute atomic E-state index is 11.3. The molecule has 0 heterocycles. The molecular formula is C17H18O4. The number of rotatable bonds is 6. The second-order valence-corrected chi connectivity index (χ2v) is 4.55.